The number of sulfone groups is 1. The summed E-state index contributed by atoms with van der Waals surface area (Å²) in [5.41, 5.74) is 1.07. The third-order valence-electron chi connectivity index (χ3n) is 6.21. The van der Waals surface area contributed by atoms with E-state index in [-0.39, 0.29) is 60.4 Å². The summed E-state index contributed by atoms with van der Waals surface area (Å²) in [6, 6.07) is 16.5. The molecule has 0 aliphatic carbocycles. The highest BCUT2D eigenvalue weighted by molar-refractivity contribution is 7.93. The van der Waals surface area contributed by atoms with Crippen LogP contribution in [-0.4, -0.2) is 43.7 Å². The molecule has 39 heavy (non-hydrogen) atoms. The molecular formula is C26H26ClF3N2O6S. The molecule has 0 unspecified atom stereocenters. The lowest BCUT2D eigenvalue weighted by molar-refractivity contribution is -0.274. The van der Waals surface area contributed by atoms with E-state index < -0.39 is 32.6 Å². The number of carbonyl (C=O) groups excluding carboxylic acids is 1. The number of halogens is 4. The van der Waals surface area contributed by atoms with Gasteiger partial charge in [-0.2, -0.15) is 5.06 Å². The summed E-state index contributed by atoms with van der Waals surface area (Å²) in [4.78, 5) is 13.4. The number of benzene rings is 3. The molecule has 0 spiro atoms. The number of hydrogen-bond acceptors (Lipinski definition) is 7. The van der Waals surface area contributed by atoms with Crippen molar-refractivity contribution in [3.63, 3.8) is 0 Å². The van der Waals surface area contributed by atoms with E-state index in [4.69, 9.17) is 4.74 Å². The summed E-state index contributed by atoms with van der Waals surface area (Å²) in [5, 5.41) is 14.1. The summed E-state index contributed by atoms with van der Waals surface area (Å²) in [5.74, 6) is -0.923. The smallest absolute Gasteiger partial charge is 0.457 e. The van der Waals surface area contributed by atoms with Gasteiger partial charge in [-0.25, -0.2) is 8.42 Å². The zero-order chi connectivity index (χ0) is 27.6. The largest absolute Gasteiger partial charge is 0.573 e. The van der Waals surface area contributed by atoms with Crippen molar-refractivity contribution in [2.45, 2.75) is 35.8 Å². The molecular weight excluding hydrogens is 561 g/mol. The van der Waals surface area contributed by atoms with Crippen LogP contribution in [0, 0.1) is 6.92 Å². The van der Waals surface area contributed by atoms with Gasteiger partial charge in [-0.1, -0.05) is 17.7 Å². The van der Waals surface area contributed by atoms with Crippen molar-refractivity contribution in [2.75, 3.05) is 18.2 Å². The maximum Gasteiger partial charge on any atom is 0.573 e. The summed E-state index contributed by atoms with van der Waals surface area (Å²) in [7, 11) is -4.27. The number of ether oxygens (including phenoxy) is 2. The molecule has 0 atom stereocenters. The zero-order valence-corrected chi connectivity index (χ0v) is 22.3. The first kappa shape index (κ1) is 30.2. The number of hydroxylamine groups is 1. The topological polar surface area (TPSA) is 105 Å². The Bertz CT molecular complexity index is 1380. The maximum absolute atomic E-state index is 13.8. The van der Waals surface area contributed by atoms with Crippen LogP contribution in [0.25, 0.3) is 0 Å². The molecule has 1 fully saturated rings. The predicted octanol–water partition coefficient (Wildman–Crippen LogP) is 5.43. The predicted molar refractivity (Wildman–Crippen MR) is 139 cm³/mol. The van der Waals surface area contributed by atoms with Crippen LogP contribution >= 0.6 is 12.4 Å². The molecule has 0 radical (unpaired) electrons. The minimum absolute atomic E-state index is 0. The maximum atomic E-state index is 13.8. The normalized spacial score (nSPS) is 15.1. The zero-order valence-electron chi connectivity index (χ0n) is 20.6. The van der Waals surface area contributed by atoms with Gasteiger partial charge in [0.2, 0.25) is 0 Å². The fourth-order valence-electron chi connectivity index (χ4n) is 4.18. The number of rotatable bonds is 7. The van der Waals surface area contributed by atoms with Crippen LogP contribution in [0.3, 0.4) is 0 Å². The van der Waals surface area contributed by atoms with Crippen molar-refractivity contribution in [1.29, 1.82) is 0 Å². The molecule has 1 aliphatic rings. The monoisotopic (exact) mass is 586 g/mol. The number of alkyl halides is 3. The van der Waals surface area contributed by atoms with Gasteiger partial charge in [-0.15, -0.1) is 25.6 Å². The van der Waals surface area contributed by atoms with E-state index >= 15 is 0 Å². The van der Waals surface area contributed by atoms with Gasteiger partial charge in [-0.05, 0) is 93.5 Å². The molecule has 0 bridgehead atoms. The van der Waals surface area contributed by atoms with Gasteiger partial charge >= 0.3 is 6.36 Å². The number of nitrogens with one attached hydrogen (secondary N) is 1. The molecule has 3 aromatic carbocycles. The van der Waals surface area contributed by atoms with Crippen molar-refractivity contribution in [3.05, 3.63) is 78.4 Å². The van der Waals surface area contributed by atoms with Crippen LogP contribution < -0.4 is 19.9 Å². The summed E-state index contributed by atoms with van der Waals surface area (Å²) in [6.45, 7) is 2.38. The first-order valence-corrected chi connectivity index (χ1v) is 13.1. The van der Waals surface area contributed by atoms with E-state index in [2.05, 4.69) is 10.1 Å². The molecule has 1 amide bonds. The van der Waals surface area contributed by atoms with Crippen LogP contribution in [0.2, 0.25) is 0 Å². The lowest BCUT2D eigenvalue weighted by Crippen LogP contribution is -2.58. The molecule has 4 rings (SSSR count). The van der Waals surface area contributed by atoms with Gasteiger partial charge in [0.05, 0.1) is 10.6 Å². The van der Waals surface area contributed by atoms with E-state index in [1.165, 1.54) is 48.5 Å². The highest BCUT2D eigenvalue weighted by Gasteiger charge is 2.53. The number of nitrogens with zero attached hydrogens (tertiary/aromatic N) is 1. The number of anilines is 1. The van der Waals surface area contributed by atoms with Gasteiger partial charge in [0.15, 0.2) is 14.6 Å². The molecule has 210 valence electrons. The SMILES string of the molecule is Cc1ccc(N(O)C(=O)C2(S(=O)(=O)c3ccc(Oc4ccc(OC(F)(F)F)cc4)cc3)CCNCC2)cc1.Cl. The molecule has 1 aliphatic heterocycles. The second-order valence-electron chi connectivity index (χ2n) is 8.79. The first-order valence-electron chi connectivity index (χ1n) is 11.6. The Morgan fingerprint density at radius 2 is 1.38 bits per heavy atom. The van der Waals surface area contributed by atoms with Gasteiger partial charge in [0.1, 0.15) is 17.2 Å². The Kier molecular flexibility index (Phi) is 9.16. The van der Waals surface area contributed by atoms with Crippen molar-refractivity contribution in [3.8, 4) is 17.2 Å². The third-order valence-corrected chi connectivity index (χ3v) is 8.72. The van der Waals surface area contributed by atoms with Gasteiger partial charge in [0, 0.05) is 0 Å². The lowest BCUT2D eigenvalue weighted by atomic mass is 9.95. The van der Waals surface area contributed by atoms with E-state index in [9.17, 15) is 31.6 Å². The summed E-state index contributed by atoms with van der Waals surface area (Å²) < 4.78 is 72.2. The molecule has 13 heteroatoms. The van der Waals surface area contributed by atoms with Crippen LogP contribution in [0.4, 0.5) is 18.9 Å². The van der Waals surface area contributed by atoms with Crippen molar-refractivity contribution in [2.24, 2.45) is 0 Å². The molecule has 0 aromatic heterocycles. The van der Waals surface area contributed by atoms with Gasteiger partial charge < -0.3 is 14.8 Å². The highest BCUT2D eigenvalue weighted by atomic mass is 35.5. The van der Waals surface area contributed by atoms with Crippen LogP contribution in [-0.2, 0) is 14.6 Å². The van der Waals surface area contributed by atoms with E-state index in [1.54, 1.807) is 12.1 Å². The number of carbonyl (C=O) groups is 1. The Morgan fingerprint density at radius 3 is 1.90 bits per heavy atom. The van der Waals surface area contributed by atoms with Crippen LogP contribution in [0.15, 0.2) is 77.7 Å². The molecule has 1 saturated heterocycles. The average molecular weight is 587 g/mol. The third kappa shape index (κ3) is 6.64. The number of hydrogen-bond donors (Lipinski definition) is 2. The Morgan fingerprint density at radius 1 is 0.897 bits per heavy atom. The minimum atomic E-state index is -4.82. The molecule has 3 aromatic rings. The molecule has 0 saturated carbocycles. The first-order chi connectivity index (χ1) is 17.9. The molecule has 1 heterocycles. The van der Waals surface area contributed by atoms with Gasteiger partial charge in [0.25, 0.3) is 5.91 Å². The Labute approximate surface area is 229 Å². The number of aryl methyl sites for hydroxylation is 1. The number of amides is 1. The van der Waals surface area contributed by atoms with Crippen LogP contribution in [0.1, 0.15) is 18.4 Å². The Balaban J connectivity index is 0.00000420. The van der Waals surface area contributed by atoms with E-state index in [1.807, 2.05) is 6.92 Å². The average Bonchev–Trinajstić information content (AvgIpc) is 2.89. The fourth-order valence-corrected chi connectivity index (χ4v) is 6.19. The second kappa shape index (κ2) is 11.8. The molecule has 8 nitrogen and oxygen atoms in total. The quantitative estimate of drug-likeness (QED) is 0.281. The van der Waals surface area contributed by atoms with Crippen molar-refractivity contribution >= 4 is 33.8 Å². The van der Waals surface area contributed by atoms with Gasteiger partial charge in [-0.3, -0.25) is 10.0 Å². The summed E-state index contributed by atoms with van der Waals surface area (Å²) in [6.07, 6.45) is -4.90. The highest BCUT2D eigenvalue weighted by Crippen LogP contribution is 2.37. The lowest BCUT2D eigenvalue weighted by Gasteiger charge is -2.37. The van der Waals surface area contributed by atoms with Crippen molar-refractivity contribution < 1.29 is 41.1 Å². The van der Waals surface area contributed by atoms with E-state index in [0.717, 1.165) is 17.7 Å². The molecule has 2 N–H and O–H groups in total. The summed E-state index contributed by atoms with van der Waals surface area (Å²) >= 11 is 0. The van der Waals surface area contributed by atoms with E-state index in [0.29, 0.717) is 5.06 Å². The number of piperidine rings is 1. The second-order valence-corrected chi connectivity index (χ2v) is 11.1. The minimum Gasteiger partial charge on any atom is -0.457 e. The standard InChI is InChI=1S/C26H25F3N2O6S.ClH/c1-18-2-4-19(5-3-18)31(33)24(32)25(14-16-30-17-15-25)38(34,35)23-12-10-21(11-13-23)36-20-6-8-22(9-7-20)37-26(27,28)29;/h2-13,30,33H,14-17H2,1H3;1H. The fraction of sp³-hybridized carbons (Fsp3) is 0.269. The Hall–Kier alpha value is -3.32. The van der Waals surface area contributed by atoms with Crippen molar-refractivity contribution in [1.82, 2.24) is 5.32 Å². The van der Waals surface area contributed by atoms with Crippen LogP contribution in [0.5, 0.6) is 17.2 Å².